The van der Waals surface area contributed by atoms with Crippen LogP contribution < -0.4 is 5.56 Å². The lowest BCUT2D eigenvalue weighted by Gasteiger charge is -2.16. The van der Waals surface area contributed by atoms with E-state index in [0.29, 0.717) is 17.3 Å². The van der Waals surface area contributed by atoms with Crippen LogP contribution in [0.25, 0.3) is 16.7 Å². The maximum Gasteiger partial charge on any atom is 0.262 e. The minimum Gasteiger partial charge on any atom is -0.310 e. The normalized spacial score (nSPS) is 22.0. The van der Waals surface area contributed by atoms with Crippen molar-refractivity contribution in [2.45, 2.75) is 51.1 Å². The monoisotopic (exact) mass is 443 g/mol. The van der Waals surface area contributed by atoms with Gasteiger partial charge in [-0.2, -0.15) is 10.2 Å². The van der Waals surface area contributed by atoms with Gasteiger partial charge in [-0.15, -0.1) is 0 Å². The Morgan fingerprint density at radius 3 is 2.67 bits per heavy atom. The van der Waals surface area contributed by atoms with E-state index in [1.165, 1.54) is 18.4 Å². The number of nitrogens with zero attached hydrogens (tertiary/aromatic N) is 6. The maximum absolute atomic E-state index is 12.8. The van der Waals surface area contributed by atoms with Gasteiger partial charge in [0.15, 0.2) is 5.65 Å². The first-order chi connectivity index (χ1) is 16.2. The molecule has 1 N–H and O–H groups in total. The topological polar surface area (TPSA) is 84.6 Å². The Bertz CT molecular complexity index is 1300. The molecule has 1 saturated heterocycles. The number of aromatic amines is 1. The molecule has 1 aliphatic carbocycles. The van der Waals surface area contributed by atoms with Crippen LogP contribution in [0, 0.1) is 5.92 Å². The summed E-state index contributed by atoms with van der Waals surface area (Å²) in [6.07, 6.45) is 10.1. The second-order valence-corrected chi connectivity index (χ2v) is 9.61. The van der Waals surface area contributed by atoms with E-state index in [2.05, 4.69) is 51.3 Å². The Morgan fingerprint density at radius 2 is 1.91 bits per heavy atom. The largest absolute Gasteiger partial charge is 0.310 e. The minimum atomic E-state index is -0.0703. The van der Waals surface area contributed by atoms with Crippen LogP contribution >= 0.6 is 0 Å². The Kier molecular flexibility index (Phi) is 5.10. The number of benzene rings is 1. The summed E-state index contributed by atoms with van der Waals surface area (Å²) in [5.41, 5.74) is 3.01. The first-order valence-electron chi connectivity index (χ1n) is 11.9. The van der Waals surface area contributed by atoms with Crippen molar-refractivity contribution >= 4 is 11.0 Å². The zero-order valence-corrected chi connectivity index (χ0v) is 18.9. The third-order valence-electron chi connectivity index (χ3n) is 7.30. The molecule has 33 heavy (non-hydrogen) atoms. The highest BCUT2D eigenvalue weighted by Crippen LogP contribution is 2.33. The van der Waals surface area contributed by atoms with Crippen LogP contribution in [0.1, 0.15) is 56.0 Å². The highest BCUT2D eigenvalue weighted by Gasteiger charge is 2.33. The molecule has 6 rings (SSSR count). The van der Waals surface area contributed by atoms with Gasteiger partial charge >= 0.3 is 0 Å². The molecule has 0 unspecified atom stereocenters. The molecule has 1 saturated carbocycles. The third-order valence-corrected chi connectivity index (χ3v) is 7.30. The summed E-state index contributed by atoms with van der Waals surface area (Å²) in [6, 6.07) is 10.8. The summed E-state index contributed by atoms with van der Waals surface area (Å²) >= 11 is 0. The average Bonchev–Trinajstić information content (AvgIpc) is 3.61. The Labute approximate surface area is 192 Å². The van der Waals surface area contributed by atoms with Crippen molar-refractivity contribution in [1.29, 1.82) is 0 Å². The summed E-state index contributed by atoms with van der Waals surface area (Å²) in [5, 5.41) is 9.43. The van der Waals surface area contributed by atoms with E-state index in [4.69, 9.17) is 4.98 Å². The molecule has 8 nitrogen and oxygen atoms in total. The number of hydrogen-bond acceptors (Lipinski definition) is 5. The quantitative estimate of drug-likeness (QED) is 0.509. The minimum absolute atomic E-state index is 0.0703. The van der Waals surface area contributed by atoms with Crippen molar-refractivity contribution < 1.29 is 0 Å². The molecule has 2 fully saturated rings. The first-order valence-corrected chi connectivity index (χ1v) is 11.9. The van der Waals surface area contributed by atoms with Crippen LogP contribution in [0.15, 0.2) is 53.7 Å². The molecular formula is C25H29N7O. The first kappa shape index (κ1) is 20.4. The van der Waals surface area contributed by atoms with Crippen molar-refractivity contribution in [3.8, 4) is 5.69 Å². The van der Waals surface area contributed by atoms with Crippen molar-refractivity contribution in [3.63, 3.8) is 0 Å². The van der Waals surface area contributed by atoms with Gasteiger partial charge in [-0.25, -0.2) is 14.3 Å². The van der Waals surface area contributed by atoms with E-state index < -0.39 is 0 Å². The van der Waals surface area contributed by atoms with E-state index in [9.17, 15) is 4.79 Å². The molecular weight excluding hydrogens is 414 g/mol. The van der Waals surface area contributed by atoms with Crippen LogP contribution in [0.2, 0.25) is 0 Å². The van der Waals surface area contributed by atoms with Gasteiger partial charge in [0, 0.05) is 37.9 Å². The van der Waals surface area contributed by atoms with E-state index >= 15 is 0 Å². The van der Waals surface area contributed by atoms with Gasteiger partial charge < -0.3 is 4.98 Å². The molecule has 170 valence electrons. The summed E-state index contributed by atoms with van der Waals surface area (Å²) in [5.74, 6) is 1.42. The Hall–Kier alpha value is -3.26. The fraction of sp³-hybridized carbons (Fsp3) is 0.440. The molecule has 4 aromatic rings. The van der Waals surface area contributed by atoms with Gasteiger partial charge in [-0.1, -0.05) is 31.9 Å². The molecule has 4 heterocycles. The van der Waals surface area contributed by atoms with E-state index in [0.717, 1.165) is 49.6 Å². The Balaban J connectivity index is 1.21. The van der Waals surface area contributed by atoms with Gasteiger partial charge in [0.1, 0.15) is 11.2 Å². The highest BCUT2D eigenvalue weighted by atomic mass is 16.1. The lowest BCUT2D eigenvalue weighted by molar-refractivity contribution is 0.318. The number of hydrogen-bond donors (Lipinski definition) is 1. The second-order valence-electron chi connectivity index (χ2n) is 9.61. The summed E-state index contributed by atoms with van der Waals surface area (Å²) in [6.45, 7) is 5.00. The van der Waals surface area contributed by atoms with Crippen LogP contribution in [-0.2, 0) is 6.54 Å². The molecule has 0 bridgehead atoms. The average molecular weight is 444 g/mol. The van der Waals surface area contributed by atoms with Crippen LogP contribution in [-0.4, -0.2) is 47.5 Å². The Morgan fingerprint density at radius 1 is 1.09 bits per heavy atom. The molecule has 2 atom stereocenters. The van der Waals surface area contributed by atoms with Crippen molar-refractivity contribution in [3.05, 3.63) is 70.7 Å². The predicted molar refractivity (Wildman–Crippen MR) is 126 cm³/mol. The summed E-state index contributed by atoms with van der Waals surface area (Å²) in [7, 11) is 0. The molecule has 2 aliphatic rings. The van der Waals surface area contributed by atoms with Crippen molar-refractivity contribution in [2.75, 3.05) is 13.1 Å². The molecule has 3 aromatic heterocycles. The molecule has 0 radical (unpaired) electrons. The van der Waals surface area contributed by atoms with Gasteiger partial charge in [0.05, 0.1) is 17.9 Å². The smallest absolute Gasteiger partial charge is 0.262 e. The number of aromatic nitrogens is 6. The van der Waals surface area contributed by atoms with Gasteiger partial charge in [-0.3, -0.25) is 9.69 Å². The summed E-state index contributed by atoms with van der Waals surface area (Å²) < 4.78 is 3.87. The van der Waals surface area contributed by atoms with Crippen molar-refractivity contribution in [2.24, 2.45) is 5.92 Å². The molecule has 1 aliphatic heterocycles. The van der Waals surface area contributed by atoms with E-state index in [1.54, 1.807) is 12.4 Å². The zero-order chi connectivity index (χ0) is 22.4. The molecule has 8 heteroatoms. The third kappa shape index (κ3) is 3.78. The van der Waals surface area contributed by atoms with Gasteiger partial charge in [0.25, 0.3) is 5.56 Å². The highest BCUT2D eigenvalue weighted by molar-refractivity contribution is 5.73. The number of H-pyrrole nitrogens is 1. The van der Waals surface area contributed by atoms with Crippen molar-refractivity contribution in [1.82, 2.24) is 34.4 Å². The van der Waals surface area contributed by atoms with E-state index in [1.807, 2.05) is 21.6 Å². The van der Waals surface area contributed by atoms with Gasteiger partial charge in [0.2, 0.25) is 0 Å². The number of nitrogens with one attached hydrogen (secondary N) is 1. The number of fused-ring (bicyclic) bond motifs is 1. The number of rotatable bonds is 5. The molecule has 0 spiro atoms. The van der Waals surface area contributed by atoms with Gasteiger partial charge in [-0.05, 0) is 42.5 Å². The lowest BCUT2D eigenvalue weighted by Crippen LogP contribution is -2.21. The maximum atomic E-state index is 12.8. The van der Waals surface area contributed by atoms with Crippen LogP contribution in [0.3, 0.4) is 0 Å². The lowest BCUT2D eigenvalue weighted by atomic mass is 9.97. The van der Waals surface area contributed by atoms with Crippen LogP contribution in [0.4, 0.5) is 0 Å². The predicted octanol–water partition coefficient (Wildman–Crippen LogP) is 3.66. The SMILES string of the molecule is C[C@@H]1CN(Cc2ccc(-n3cccn3)cc2)C[C@H]1c1nc2c(cnn2C2CCCC2)c(=O)[nH]1. The molecule has 1 aromatic carbocycles. The second kappa shape index (κ2) is 8.26. The fourth-order valence-corrected chi connectivity index (χ4v) is 5.53. The zero-order valence-electron chi connectivity index (χ0n) is 18.9. The standard InChI is InChI=1S/C25H29N7O/c1-17-14-30(15-18-7-9-19(10-8-18)31-12-4-11-26-31)16-22(17)23-28-24-21(25(33)29-23)13-27-32(24)20-5-2-3-6-20/h4,7-13,17,20,22H,2-3,5-6,14-16H2,1H3,(H,28,29,33)/t17-,22-/m1/s1. The number of likely N-dealkylation sites (tertiary alicyclic amines) is 1. The summed E-state index contributed by atoms with van der Waals surface area (Å²) in [4.78, 5) is 23.3. The fourth-order valence-electron chi connectivity index (χ4n) is 5.53. The van der Waals surface area contributed by atoms with E-state index in [-0.39, 0.29) is 11.5 Å². The molecule has 0 amide bonds. The van der Waals surface area contributed by atoms with Crippen LogP contribution in [0.5, 0.6) is 0 Å².